The summed E-state index contributed by atoms with van der Waals surface area (Å²) in [5.41, 5.74) is -0.970. The number of nitrogens with one attached hydrogen (secondary N) is 1. The van der Waals surface area contributed by atoms with Crippen LogP contribution in [0.5, 0.6) is 0 Å². The summed E-state index contributed by atoms with van der Waals surface area (Å²) >= 11 is 0. The van der Waals surface area contributed by atoms with Gasteiger partial charge in [0.1, 0.15) is 5.82 Å². The number of para-hydroxylation sites is 1. The molecule has 1 heterocycles. The molecular formula is C27H31F4N3O2. The Morgan fingerprint density at radius 1 is 0.861 bits per heavy atom. The molecule has 0 spiro atoms. The van der Waals surface area contributed by atoms with Gasteiger partial charge in [0.05, 0.1) is 23.2 Å². The van der Waals surface area contributed by atoms with E-state index in [0.717, 1.165) is 43.7 Å². The smallest absolute Gasteiger partial charge is 0.341 e. The van der Waals surface area contributed by atoms with Gasteiger partial charge in [0, 0.05) is 26.2 Å². The molecule has 0 unspecified atom stereocenters. The predicted molar refractivity (Wildman–Crippen MR) is 129 cm³/mol. The normalized spacial score (nSPS) is 18.9. The topological polar surface area (TPSA) is 52.7 Å². The highest BCUT2D eigenvalue weighted by atomic mass is 19.4. The van der Waals surface area contributed by atoms with E-state index in [2.05, 4.69) is 5.32 Å². The Bertz CT molecular complexity index is 1070. The molecule has 0 bridgehead atoms. The molecular weight excluding hydrogens is 474 g/mol. The minimum Gasteiger partial charge on any atom is -0.341 e. The van der Waals surface area contributed by atoms with E-state index in [9.17, 15) is 27.2 Å². The van der Waals surface area contributed by atoms with Crippen LogP contribution in [0.1, 0.15) is 49.7 Å². The van der Waals surface area contributed by atoms with E-state index in [0.29, 0.717) is 32.6 Å². The summed E-state index contributed by atoms with van der Waals surface area (Å²) in [4.78, 5) is 30.1. The van der Waals surface area contributed by atoms with Gasteiger partial charge in [-0.15, -0.1) is 0 Å². The van der Waals surface area contributed by atoms with Gasteiger partial charge in [0.15, 0.2) is 0 Å². The molecule has 4 rings (SSSR count). The van der Waals surface area contributed by atoms with Crippen LogP contribution in [-0.2, 0) is 21.2 Å². The summed E-state index contributed by atoms with van der Waals surface area (Å²) in [6.07, 6.45) is 0.462. The SMILES string of the molecule is O=C(CN1CCCN(C(=O)C2(c3ccc(F)cc3)CCCCC2)CC1)Nc1ccccc1C(F)(F)F. The van der Waals surface area contributed by atoms with Gasteiger partial charge in [0.25, 0.3) is 0 Å². The van der Waals surface area contributed by atoms with Crippen molar-refractivity contribution in [2.75, 3.05) is 38.0 Å². The van der Waals surface area contributed by atoms with Crippen LogP contribution in [-0.4, -0.2) is 54.3 Å². The van der Waals surface area contributed by atoms with Gasteiger partial charge in [-0.25, -0.2) is 4.39 Å². The molecule has 0 aromatic heterocycles. The third-order valence-corrected chi connectivity index (χ3v) is 7.26. The summed E-state index contributed by atoms with van der Waals surface area (Å²) in [6, 6.07) is 11.1. The van der Waals surface area contributed by atoms with E-state index in [1.165, 1.54) is 30.3 Å². The molecule has 9 heteroatoms. The van der Waals surface area contributed by atoms with Crippen LogP contribution in [0.25, 0.3) is 0 Å². The molecule has 1 saturated carbocycles. The van der Waals surface area contributed by atoms with Crippen molar-refractivity contribution in [3.63, 3.8) is 0 Å². The molecule has 36 heavy (non-hydrogen) atoms. The van der Waals surface area contributed by atoms with Gasteiger partial charge in [-0.3, -0.25) is 14.5 Å². The molecule has 2 aromatic rings. The van der Waals surface area contributed by atoms with Gasteiger partial charge in [-0.2, -0.15) is 13.2 Å². The van der Waals surface area contributed by atoms with Crippen molar-refractivity contribution < 1.29 is 27.2 Å². The van der Waals surface area contributed by atoms with E-state index in [-0.39, 0.29) is 24.0 Å². The first-order chi connectivity index (χ1) is 17.2. The average molecular weight is 506 g/mol. The Hall–Kier alpha value is -2.94. The van der Waals surface area contributed by atoms with E-state index >= 15 is 0 Å². The quantitative estimate of drug-likeness (QED) is 0.567. The molecule has 2 fully saturated rings. The fourth-order valence-electron chi connectivity index (χ4n) is 5.42. The number of nitrogens with zero attached hydrogens (tertiary/aromatic N) is 2. The number of carbonyl (C=O) groups is 2. The number of hydrogen-bond acceptors (Lipinski definition) is 3. The number of alkyl halides is 3. The van der Waals surface area contributed by atoms with Gasteiger partial charge >= 0.3 is 6.18 Å². The van der Waals surface area contributed by atoms with Crippen molar-refractivity contribution in [2.24, 2.45) is 0 Å². The van der Waals surface area contributed by atoms with Crippen LogP contribution in [0.3, 0.4) is 0 Å². The summed E-state index contributed by atoms with van der Waals surface area (Å²) in [5.74, 6) is -0.820. The van der Waals surface area contributed by atoms with Crippen molar-refractivity contribution >= 4 is 17.5 Å². The van der Waals surface area contributed by atoms with Crippen molar-refractivity contribution in [3.05, 3.63) is 65.5 Å². The molecule has 0 radical (unpaired) electrons. The number of amides is 2. The Morgan fingerprint density at radius 2 is 1.56 bits per heavy atom. The standard InChI is InChI=1S/C27H31F4N3O2/c28-21-11-9-20(10-12-21)26(13-4-1-5-14-26)25(36)34-16-6-15-33(17-18-34)19-24(35)32-23-8-3-2-7-22(23)27(29,30)31/h2-3,7-12H,1,4-6,13-19H2,(H,32,35). The van der Waals surface area contributed by atoms with Crippen molar-refractivity contribution in [1.29, 1.82) is 0 Å². The second-order valence-electron chi connectivity index (χ2n) is 9.66. The Kier molecular flexibility index (Phi) is 7.97. The molecule has 0 atom stereocenters. The van der Waals surface area contributed by atoms with Crippen LogP contribution in [0.2, 0.25) is 0 Å². The third kappa shape index (κ3) is 5.88. The summed E-state index contributed by atoms with van der Waals surface area (Å²) < 4.78 is 53.3. The number of rotatable bonds is 5. The molecule has 2 aliphatic rings. The summed E-state index contributed by atoms with van der Waals surface area (Å²) in [6.45, 7) is 1.91. The van der Waals surface area contributed by atoms with Gasteiger partial charge in [0.2, 0.25) is 11.8 Å². The summed E-state index contributed by atoms with van der Waals surface area (Å²) in [7, 11) is 0. The molecule has 1 N–H and O–H groups in total. The minimum absolute atomic E-state index is 0.0409. The number of hydrogen-bond donors (Lipinski definition) is 1. The van der Waals surface area contributed by atoms with Crippen molar-refractivity contribution in [2.45, 2.75) is 50.1 Å². The number of halogens is 4. The minimum atomic E-state index is -4.56. The molecule has 2 amide bonds. The maximum atomic E-state index is 13.8. The first kappa shape index (κ1) is 26.1. The third-order valence-electron chi connectivity index (χ3n) is 7.26. The zero-order valence-electron chi connectivity index (χ0n) is 20.1. The van der Waals surface area contributed by atoms with Crippen molar-refractivity contribution in [1.82, 2.24) is 9.80 Å². The number of carbonyl (C=O) groups excluding carboxylic acids is 2. The highest BCUT2D eigenvalue weighted by molar-refractivity contribution is 5.93. The number of benzene rings is 2. The van der Waals surface area contributed by atoms with Crippen molar-refractivity contribution in [3.8, 4) is 0 Å². The van der Waals surface area contributed by atoms with E-state index in [4.69, 9.17) is 0 Å². The van der Waals surface area contributed by atoms with Crippen LogP contribution in [0.4, 0.5) is 23.2 Å². The molecule has 1 aliphatic heterocycles. The Morgan fingerprint density at radius 3 is 2.25 bits per heavy atom. The number of anilines is 1. The highest BCUT2D eigenvalue weighted by Crippen LogP contribution is 2.41. The Balaban J connectivity index is 1.40. The lowest BCUT2D eigenvalue weighted by molar-refractivity contribution is -0.139. The Labute approximate surface area is 208 Å². The zero-order chi connectivity index (χ0) is 25.8. The molecule has 2 aromatic carbocycles. The summed E-state index contributed by atoms with van der Waals surface area (Å²) in [5, 5.41) is 2.39. The fraction of sp³-hybridized carbons (Fsp3) is 0.481. The molecule has 1 aliphatic carbocycles. The molecule has 5 nitrogen and oxygen atoms in total. The molecule has 194 valence electrons. The first-order valence-corrected chi connectivity index (χ1v) is 12.4. The lowest BCUT2D eigenvalue weighted by Crippen LogP contribution is -2.49. The van der Waals surface area contributed by atoms with E-state index in [1.54, 1.807) is 12.1 Å². The van der Waals surface area contributed by atoms with Crippen LogP contribution in [0, 0.1) is 5.82 Å². The highest BCUT2D eigenvalue weighted by Gasteiger charge is 2.43. The maximum absolute atomic E-state index is 13.8. The maximum Gasteiger partial charge on any atom is 0.418 e. The van der Waals surface area contributed by atoms with Crippen LogP contribution < -0.4 is 5.32 Å². The van der Waals surface area contributed by atoms with Gasteiger partial charge in [-0.1, -0.05) is 43.5 Å². The van der Waals surface area contributed by atoms with E-state index < -0.39 is 23.1 Å². The molecule has 1 saturated heterocycles. The fourth-order valence-corrected chi connectivity index (χ4v) is 5.42. The second kappa shape index (κ2) is 11.0. The van der Waals surface area contributed by atoms with Gasteiger partial charge in [-0.05, 0) is 49.1 Å². The lowest BCUT2D eigenvalue weighted by Gasteiger charge is -2.40. The first-order valence-electron chi connectivity index (χ1n) is 12.4. The second-order valence-corrected chi connectivity index (χ2v) is 9.66. The van der Waals surface area contributed by atoms with Gasteiger partial charge < -0.3 is 10.2 Å². The van der Waals surface area contributed by atoms with Crippen LogP contribution in [0.15, 0.2) is 48.5 Å². The monoisotopic (exact) mass is 505 g/mol. The predicted octanol–water partition coefficient (Wildman–Crippen LogP) is 5.22. The zero-order valence-corrected chi connectivity index (χ0v) is 20.1. The largest absolute Gasteiger partial charge is 0.418 e. The van der Waals surface area contributed by atoms with Crippen LogP contribution >= 0.6 is 0 Å². The van der Waals surface area contributed by atoms with E-state index in [1.807, 2.05) is 9.80 Å². The average Bonchev–Trinajstić information content (AvgIpc) is 3.09. The lowest BCUT2D eigenvalue weighted by atomic mass is 9.68.